The summed E-state index contributed by atoms with van der Waals surface area (Å²) in [6.45, 7) is 0. The third-order valence-electron chi connectivity index (χ3n) is 1.72. The van der Waals surface area contributed by atoms with Gasteiger partial charge >= 0.3 is 0 Å². The molecule has 0 saturated heterocycles. The highest BCUT2D eigenvalue weighted by Crippen LogP contribution is 2.24. The summed E-state index contributed by atoms with van der Waals surface area (Å²) >= 11 is 5.68. The lowest BCUT2D eigenvalue weighted by molar-refractivity contribution is 1.16. The second-order valence-electron chi connectivity index (χ2n) is 2.84. The van der Waals surface area contributed by atoms with Gasteiger partial charge in [-0.15, -0.1) is 0 Å². The van der Waals surface area contributed by atoms with Gasteiger partial charge in [-0.2, -0.15) is 0 Å². The van der Waals surface area contributed by atoms with E-state index in [0.717, 1.165) is 5.69 Å². The average Bonchev–Trinajstić information content (AvgIpc) is 2.78. The third-order valence-corrected chi connectivity index (χ3v) is 1.96. The number of halogens is 1. The maximum Gasteiger partial charge on any atom is 0.0486 e. The first-order valence-electron chi connectivity index (χ1n) is 3.78. The van der Waals surface area contributed by atoms with Gasteiger partial charge in [0.2, 0.25) is 0 Å². The number of nitrogens with one attached hydrogen (secondary N) is 1. The molecule has 1 saturated carbocycles. The molecule has 1 nitrogen and oxygen atoms in total. The molecule has 0 bridgehead atoms. The van der Waals surface area contributed by atoms with Crippen molar-refractivity contribution in [2.75, 3.05) is 5.32 Å². The molecule has 1 radical (unpaired) electrons. The minimum Gasteiger partial charge on any atom is -0.382 e. The Balaban J connectivity index is 2.06. The van der Waals surface area contributed by atoms with Gasteiger partial charge in [0.25, 0.3) is 0 Å². The van der Waals surface area contributed by atoms with Gasteiger partial charge < -0.3 is 5.32 Å². The number of anilines is 1. The smallest absolute Gasteiger partial charge is 0.0486 e. The zero-order chi connectivity index (χ0) is 7.68. The van der Waals surface area contributed by atoms with Crippen molar-refractivity contribution < 1.29 is 0 Å². The highest BCUT2D eigenvalue weighted by molar-refractivity contribution is 6.30. The van der Waals surface area contributed by atoms with Crippen molar-refractivity contribution in [3.05, 3.63) is 29.3 Å². The molecular weight excluding hydrogens is 158 g/mol. The molecule has 2 rings (SSSR count). The van der Waals surface area contributed by atoms with Crippen molar-refractivity contribution in [3.8, 4) is 0 Å². The van der Waals surface area contributed by atoms with Gasteiger partial charge in [-0.3, -0.25) is 0 Å². The molecule has 0 heterocycles. The standard InChI is InChI=1S/C9H9ClN/c10-7-1-3-8(4-2-7)11-9-5-6-9/h1,3-4,9,11H,5-6H2. The summed E-state index contributed by atoms with van der Waals surface area (Å²) < 4.78 is 0. The van der Waals surface area contributed by atoms with E-state index >= 15 is 0 Å². The van der Waals surface area contributed by atoms with E-state index in [0.29, 0.717) is 11.1 Å². The summed E-state index contributed by atoms with van der Waals surface area (Å²) in [4.78, 5) is 0. The van der Waals surface area contributed by atoms with E-state index in [4.69, 9.17) is 11.6 Å². The van der Waals surface area contributed by atoms with Crippen LogP contribution in [0.1, 0.15) is 12.8 Å². The molecule has 0 atom stereocenters. The van der Waals surface area contributed by atoms with Crippen LogP contribution >= 0.6 is 11.6 Å². The van der Waals surface area contributed by atoms with Crippen LogP contribution in [0.15, 0.2) is 18.2 Å². The summed E-state index contributed by atoms with van der Waals surface area (Å²) in [5, 5.41) is 4.03. The van der Waals surface area contributed by atoms with Crippen LogP contribution in [0.5, 0.6) is 0 Å². The lowest BCUT2D eigenvalue weighted by atomic mass is 10.3. The molecule has 1 fully saturated rings. The maximum atomic E-state index is 5.68. The van der Waals surface area contributed by atoms with Crippen LogP contribution in [0.3, 0.4) is 0 Å². The van der Waals surface area contributed by atoms with Gasteiger partial charge in [0.05, 0.1) is 0 Å². The van der Waals surface area contributed by atoms with Crippen LogP contribution in [0.25, 0.3) is 0 Å². The fourth-order valence-corrected chi connectivity index (χ4v) is 1.08. The summed E-state index contributed by atoms with van der Waals surface area (Å²) in [6, 6.07) is 9.36. The molecule has 0 amide bonds. The molecule has 0 spiro atoms. The Morgan fingerprint density at radius 2 is 2.27 bits per heavy atom. The van der Waals surface area contributed by atoms with Crippen LogP contribution in [-0.4, -0.2) is 6.04 Å². The molecular formula is C9H9ClN. The molecule has 1 aliphatic rings. The molecule has 0 unspecified atom stereocenters. The highest BCUT2D eigenvalue weighted by Gasteiger charge is 2.20. The lowest BCUT2D eigenvalue weighted by Crippen LogP contribution is -1.99. The molecule has 0 aliphatic heterocycles. The summed E-state index contributed by atoms with van der Waals surface area (Å²) in [7, 11) is 0. The predicted octanol–water partition coefficient (Wildman–Crippen LogP) is 2.71. The van der Waals surface area contributed by atoms with Crippen molar-refractivity contribution in [2.45, 2.75) is 18.9 Å². The maximum absolute atomic E-state index is 5.68. The number of benzene rings is 1. The van der Waals surface area contributed by atoms with Gasteiger partial charge in [-0.05, 0) is 31.0 Å². The van der Waals surface area contributed by atoms with Crippen LogP contribution in [0.2, 0.25) is 5.02 Å². The normalized spacial score (nSPS) is 16.5. The van der Waals surface area contributed by atoms with E-state index in [1.807, 2.05) is 18.2 Å². The molecule has 1 N–H and O–H groups in total. The summed E-state index contributed by atoms with van der Waals surface area (Å²) in [5.41, 5.74) is 1.12. The minimum atomic E-state index is 0.673. The minimum absolute atomic E-state index is 0.673. The monoisotopic (exact) mass is 166 g/mol. The Kier molecular flexibility index (Phi) is 1.74. The van der Waals surface area contributed by atoms with Crippen LogP contribution in [0, 0.1) is 6.07 Å². The first-order chi connectivity index (χ1) is 5.34. The molecule has 1 aliphatic carbocycles. The topological polar surface area (TPSA) is 12.0 Å². The van der Waals surface area contributed by atoms with Crippen molar-refractivity contribution >= 4 is 17.3 Å². The molecule has 1 aromatic rings. The molecule has 11 heavy (non-hydrogen) atoms. The van der Waals surface area contributed by atoms with Gasteiger partial charge in [0, 0.05) is 22.8 Å². The van der Waals surface area contributed by atoms with E-state index < -0.39 is 0 Å². The second-order valence-corrected chi connectivity index (χ2v) is 3.25. The van der Waals surface area contributed by atoms with Gasteiger partial charge in [0.15, 0.2) is 0 Å². The molecule has 57 valence electrons. The van der Waals surface area contributed by atoms with E-state index in [9.17, 15) is 0 Å². The van der Waals surface area contributed by atoms with Crippen LogP contribution in [0.4, 0.5) is 5.69 Å². The van der Waals surface area contributed by atoms with Crippen LogP contribution < -0.4 is 5.32 Å². The van der Waals surface area contributed by atoms with Gasteiger partial charge in [0.1, 0.15) is 0 Å². The Morgan fingerprint density at radius 1 is 1.45 bits per heavy atom. The van der Waals surface area contributed by atoms with Crippen LogP contribution in [-0.2, 0) is 0 Å². The van der Waals surface area contributed by atoms with Gasteiger partial charge in [-0.25, -0.2) is 0 Å². The van der Waals surface area contributed by atoms with E-state index in [2.05, 4.69) is 11.4 Å². The van der Waals surface area contributed by atoms with Crippen molar-refractivity contribution in [3.63, 3.8) is 0 Å². The zero-order valence-electron chi connectivity index (χ0n) is 6.10. The molecule has 0 aromatic heterocycles. The first kappa shape index (κ1) is 6.99. The Bertz CT molecular complexity index is 238. The fraction of sp³-hybridized carbons (Fsp3) is 0.333. The average molecular weight is 167 g/mol. The third kappa shape index (κ3) is 1.87. The number of hydrogen-bond donors (Lipinski definition) is 1. The van der Waals surface area contributed by atoms with Crippen molar-refractivity contribution in [1.82, 2.24) is 0 Å². The Hall–Kier alpha value is -0.690. The first-order valence-corrected chi connectivity index (χ1v) is 4.16. The van der Waals surface area contributed by atoms with E-state index in [1.54, 1.807) is 0 Å². The zero-order valence-corrected chi connectivity index (χ0v) is 6.86. The lowest BCUT2D eigenvalue weighted by Gasteiger charge is -2.02. The summed E-state index contributed by atoms with van der Waals surface area (Å²) in [5.74, 6) is 0. The Labute approximate surface area is 71.4 Å². The van der Waals surface area contributed by atoms with Gasteiger partial charge in [-0.1, -0.05) is 11.6 Å². The predicted molar refractivity (Wildman–Crippen MR) is 46.9 cm³/mol. The van der Waals surface area contributed by atoms with E-state index in [1.165, 1.54) is 12.8 Å². The SMILES string of the molecule is Clc1[c]cc(NC2CC2)cc1. The molecule has 1 aromatic carbocycles. The number of hydrogen-bond acceptors (Lipinski definition) is 1. The molecule has 2 heteroatoms. The Morgan fingerprint density at radius 3 is 2.82 bits per heavy atom. The second kappa shape index (κ2) is 2.74. The summed E-state index contributed by atoms with van der Waals surface area (Å²) in [6.07, 6.45) is 2.59. The van der Waals surface area contributed by atoms with Crippen molar-refractivity contribution in [2.24, 2.45) is 0 Å². The number of rotatable bonds is 2. The van der Waals surface area contributed by atoms with Crippen molar-refractivity contribution in [1.29, 1.82) is 0 Å². The quantitative estimate of drug-likeness (QED) is 0.713. The highest BCUT2D eigenvalue weighted by atomic mass is 35.5. The fourth-order valence-electron chi connectivity index (χ4n) is 0.959. The van der Waals surface area contributed by atoms with E-state index in [-0.39, 0.29) is 0 Å². The largest absolute Gasteiger partial charge is 0.382 e.